The van der Waals surface area contributed by atoms with Crippen molar-refractivity contribution in [2.24, 2.45) is 0 Å². The Morgan fingerprint density at radius 3 is 2.48 bits per heavy atom. The van der Waals surface area contributed by atoms with Gasteiger partial charge in [-0.25, -0.2) is 4.98 Å². The Labute approximate surface area is 151 Å². The fourth-order valence-electron chi connectivity index (χ4n) is 2.47. The minimum atomic E-state index is -0.0504. The highest BCUT2D eigenvalue weighted by Gasteiger charge is 2.13. The fourth-order valence-corrected chi connectivity index (χ4v) is 3.26. The van der Waals surface area contributed by atoms with E-state index in [4.69, 9.17) is 0 Å². The summed E-state index contributed by atoms with van der Waals surface area (Å²) < 4.78 is 2.07. The molecular weight excluding hydrogens is 330 g/mol. The third kappa shape index (κ3) is 4.39. The first-order valence-corrected chi connectivity index (χ1v) is 8.96. The lowest BCUT2D eigenvalue weighted by Gasteiger charge is -2.10. The van der Waals surface area contributed by atoms with Crippen molar-refractivity contribution in [3.05, 3.63) is 79.5 Å². The van der Waals surface area contributed by atoms with Crippen molar-refractivity contribution < 1.29 is 4.79 Å². The number of anilines is 1. The predicted molar refractivity (Wildman–Crippen MR) is 104 cm³/mol. The van der Waals surface area contributed by atoms with E-state index in [1.807, 2.05) is 72.9 Å². The summed E-state index contributed by atoms with van der Waals surface area (Å²) in [5, 5.41) is 3.69. The van der Waals surface area contributed by atoms with Gasteiger partial charge in [0.05, 0.1) is 17.6 Å². The molecule has 0 atom stereocenters. The molecule has 1 heterocycles. The molecule has 0 spiro atoms. The van der Waals surface area contributed by atoms with Crippen LogP contribution < -0.4 is 5.32 Å². The molecule has 5 heteroatoms. The smallest absolute Gasteiger partial charge is 0.234 e. The summed E-state index contributed by atoms with van der Waals surface area (Å²) >= 11 is 1.42. The van der Waals surface area contributed by atoms with Crippen molar-refractivity contribution in [3.8, 4) is 11.3 Å². The zero-order valence-electron chi connectivity index (χ0n) is 13.8. The lowest BCUT2D eigenvalue weighted by molar-refractivity contribution is -0.113. The molecule has 126 valence electrons. The zero-order chi connectivity index (χ0) is 17.5. The molecule has 1 N–H and O–H groups in total. The topological polar surface area (TPSA) is 46.9 Å². The standard InChI is InChI=1S/C20H19N3OS/c1-2-13-23-18(16-9-5-3-6-10-16)14-21-20(23)25-15-19(24)22-17-11-7-4-8-12-17/h2-12,14H,1,13,15H2,(H,22,24). The van der Waals surface area contributed by atoms with Crippen molar-refractivity contribution >= 4 is 23.4 Å². The number of rotatable bonds is 7. The Balaban J connectivity index is 1.71. The van der Waals surface area contributed by atoms with Gasteiger partial charge >= 0.3 is 0 Å². The van der Waals surface area contributed by atoms with E-state index in [9.17, 15) is 4.79 Å². The molecule has 0 bridgehead atoms. The Morgan fingerprint density at radius 2 is 1.80 bits per heavy atom. The summed E-state index contributed by atoms with van der Waals surface area (Å²) in [6.45, 7) is 4.47. The second kappa shape index (κ2) is 8.35. The number of benzene rings is 2. The number of nitrogens with zero attached hydrogens (tertiary/aromatic N) is 2. The van der Waals surface area contributed by atoms with Crippen LogP contribution in [-0.2, 0) is 11.3 Å². The van der Waals surface area contributed by atoms with Crippen molar-refractivity contribution in [2.45, 2.75) is 11.7 Å². The molecule has 1 amide bonds. The third-order valence-corrected chi connectivity index (χ3v) is 4.58. The average Bonchev–Trinajstić information content (AvgIpc) is 3.05. The predicted octanol–water partition coefficient (Wildman–Crippen LogP) is 4.47. The lowest BCUT2D eigenvalue weighted by Crippen LogP contribution is -2.14. The van der Waals surface area contributed by atoms with E-state index in [2.05, 4.69) is 21.4 Å². The molecule has 0 saturated carbocycles. The molecule has 4 nitrogen and oxygen atoms in total. The maximum atomic E-state index is 12.1. The van der Waals surface area contributed by atoms with E-state index in [0.717, 1.165) is 22.1 Å². The van der Waals surface area contributed by atoms with Crippen LogP contribution in [0.2, 0.25) is 0 Å². The Morgan fingerprint density at radius 1 is 1.12 bits per heavy atom. The number of para-hydroxylation sites is 1. The van der Waals surface area contributed by atoms with Gasteiger partial charge in [-0.1, -0.05) is 66.4 Å². The van der Waals surface area contributed by atoms with Gasteiger partial charge in [0.25, 0.3) is 0 Å². The summed E-state index contributed by atoms with van der Waals surface area (Å²) in [5.41, 5.74) is 2.91. The highest BCUT2D eigenvalue weighted by molar-refractivity contribution is 7.99. The maximum absolute atomic E-state index is 12.1. The first-order valence-electron chi connectivity index (χ1n) is 7.97. The maximum Gasteiger partial charge on any atom is 0.234 e. The molecule has 3 aromatic rings. The minimum absolute atomic E-state index is 0.0504. The Bertz CT molecular complexity index is 844. The van der Waals surface area contributed by atoms with E-state index in [0.29, 0.717) is 12.3 Å². The molecule has 0 aliphatic carbocycles. The highest BCUT2D eigenvalue weighted by atomic mass is 32.2. The number of imidazole rings is 1. The van der Waals surface area contributed by atoms with Crippen LogP contribution in [-0.4, -0.2) is 21.2 Å². The molecule has 2 aromatic carbocycles. The van der Waals surface area contributed by atoms with Gasteiger partial charge in [0.1, 0.15) is 0 Å². The number of nitrogens with one attached hydrogen (secondary N) is 1. The van der Waals surface area contributed by atoms with Crippen LogP contribution in [0, 0.1) is 0 Å². The van der Waals surface area contributed by atoms with Crippen LogP contribution in [0.3, 0.4) is 0 Å². The Kier molecular flexibility index (Phi) is 5.69. The molecule has 25 heavy (non-hydrogen) atoms. The van der Waals surface area contributed by atoms with Crippen molar-refractivity contribution in [2.75, 3.05) is 11.1 Å². The first-order chi connectivity index (χ1) is 12.3. The summed E-state index contributed by atoms with van der Waals surface area (Å²) in [6.07, 6.45) is 3.68. The van der Waals surface area contributed by atoms with E-state index >= 15 is 0 Å². The van der Waals surface area contributed by atoms with Gasteiger partial charge < -0.3 is 9.88 Å². The van der Waals surface area contributed by atoms with Crippen LogP contribution in [0.5, 0.6) is 0 Å². The fraction of sp³-hybridized carbons (Fsp3) is 0.100. The molecule has 3 rings (SSSR count). The number of aromatic nitrogens is 2. The van der Waals surface area contributed by atoms with Gasteiger partial charge in [-0.15, -0.1) is 6.58 Å². The van der Waals surface area contributed by atoms with E-state index < -0.39 is 0 Å². The summed E-state index contributed by atoms with van der Waals surface area (Å²) in [4.78, 5) is 16.6. The average molecular weight is 349 g/mol. The number of amides is 1. The molecule has 1 aromatic heterocycles. The van der Waals surface area contributed by atoms with Gasteiger partial charge in [0.15, 0.2) is 5.16 Å². The van der Waals surface area contributed by atoms with Gasteiger partial charge in [-0.2, -0.15) is 0 Å². The zero-order valence-corrected chi connectivity index (χ0v) is 14.6. The number of hydrogen-bond acceptors (Lipinski definition) is 3. The van der Waals surface area contributed by atoms with Crippen LogP contribution in [0.4, 0.5) is 5.69 Å². The van der Waals surface area contributed by atoms with Crippen LogP contribution in [0.1, 0.15) is 0 Å². The van der Waals surface area contributed by atoms with Crippen molar-refractivity contribution in [1.82, 2.24) is 9.55 Å². The van der Waals surface area contributed by atoms with Gasteiger partial charge in [0, 0.05) is 12.2 Å². The second-order valence-electron chi connectivity index (χ2n) is 5.39. The van der Waals surface area contributed by atoms with E-state index in [-0.39, 0.29) is 5.91 Å². The first kappa shape index (κ1) is 17.0. The number of hydrogen-bond donors (Lipinski definition) is 1. The van der Waals surface area contributed by atoms with Gasteiger partial charge in [-0.05, 0) is 17.7 Å². The van der Waals surface area contributed by atoms with E-state index in [1.165, 1.54) is 11.8 Å². The van der Waals surface area contributed by atoms with Crippen LogP contribution >= 0.6 is 11.8 Å². The number of thioether (sulfide) groups is 1. The van der Waals surface area contributed by atoms with E-state index in [1.54, 1.807) is 0 Å². The quantitative estimate of drug-likeness (QED) is 0.506. The molecule has 0 aliphatic rings. The van der Waals surface area contributed by atoms with Crippen LogP contribution in [0.15, 0.2) is 84.7 Å². The van der Waals surface area contributed by atoms with Gasteiger partial charge in [0.2, 0.25) is 5.91 Å². The van der Waals surface area contributed by atoms with Crippen LogP contribution in [0.25, 0.3) is 11.3 Å². The minimum Gasteiger partial charge on any atom is -0.325 e. The SMILES string of the molecule is C=CCn1c(-c2ccccc2)cnc1SCC(=O)Nc1ccccc1. The summed E-state index contributed by atoms with van der Waals surface area (Å²) in [5.74, 6) is 0.253. The van der Waals surface area contributed by atoms with Gasteiger partial charge in [-0.3, -0.25) is 4.79 Å². The molecule has 0 fully saturated rings. The summed E-state index contributed by atoms with van der Waals surface area (Å²) in [7, 11) is 0. The molecule has 0 saturated heterocycles. The summed E-state index contributed by atoms with van der Waals surface area (Å²) in [6, 6.07) is 19.5. The van der Waals surface area contributed by atoms with Crippen molar-refractivity contribution in [1.29, 1.82) is 0 Å². The monoisotopic (exact) mass is 349 g/mol. The molecular formula is C20H19N3OS. The molecule has 0 aliphatic heterocycles. The number of carbonyl (C=O) groups is 1. The normalized spacial score (nSPS) is 10.4. The second-order valence-corrected chi connectivity index (χ2v) is 6.34. The highest BCUT2D eigenvalue weighted by Crippen LogP contribution is 2.26. The largest absolute Gasteiger partial charge is 0.325 e. The molecule has 0 radical (unpaired) electrons. The third-order valence-electron chi connectivity index (χ3n) is 3.59. The number of carbonyl (C=O) groups excluding carboxylic acids is 1. The molecule has 0 unspecified atom stereocenters. The van der Waals surface area contributed by atoms with Crippen molar-refractivity contribution in [3.63, 3.8) is 0 Å². The Hall–Kier alpha value is -2.79. The number of allylic oxidation sites excluding steroid dienone is 1. The lowest BCUT2D eigenvalue weighted by atomic mass is 10.2.